The Morgan fingerprint density at radius 1 is 1.33 bits per heavy atom. The number of aromatic nitrogens is 1. The zero-order valence-electron chi connectivity index (χ0n) is 7.96. The maximum atomic E-state index is 3.89. The molecule has 0 aromatic carbocycles. The van der Waals surface area contributed by atoms with Gasteiger partial charge < -0.3 is 5.32 Å². The van der Waals surface area contributed by atoms with Crippen molar-refractivity contribution in [3.8, 4) is 0 Å². The van der Waals surface area contributed by atoms with E-state index >= 15 is 0 Å². The van der Waals surface area contributed by atoms with E-state index in [0.29, 0.717) is 0 Å². The van der Waals surface area contributed by atoms with Gasteiger partial charge in [0, 0.05) is 30.7 Å². The van der Waals surface area contributed by atoms with Crippen LogP contribution in [0.15, 0.2) is 31.1 Å². The smallest absolute Gasteiger partial charge is 0.0339 e. The monoisotopic (exact) mass is 164 g/mol. The molecule has 0 aliphatic rings. The normalized spacial score (nSPS) is 7.92. The van der Waals surface area contributed by atoms with E-state index in [9.17, 15) is 0 Å². The van der Waals surface area contributed by atoms with Crippen LogP contribution in [0.25, 0.3) is 5.70 Å². The maximum Gasteiger partial charge on any atom is 0.0339 e. The zero-order chi connectivity index (χ0) is 9.40. The van der Waals surface area contributed by atoms with E-state index in [1.54, 1.807) is 12.4 Å². The van der Waals surface area contributed by atoms with Gasteiger partial charge in [0.15, 0.2) is 0 Å². The third-order valence-electron chi connectivity index (χ3n) is 1.33. The van der Waals surface area contributed by atoms with Crippen molar-refractivity contribution in [2.45, 2.75) is 13.8 Å². The van der Waals surface area contributed by atoms with Gasteiger partial charge in [0.25, 0.3) is 0 Å². The fourth-order valence-electron chi connectivity index (χ4n) is 0.697. The second kappa shape index (κ2) is 6.40. The molecule has 0 aliphatic carbocycles. The van der Waals surface area contributed by atoms with Crippen LogP contribution in [0.3, 0.4) is 0 Å². The van der Waals surface area contributed by atoms with Gasteiger partial charge in [-0.15, -0.1) is 0 Å². The summed E-state index contributed by atoms with van der Waals surface area (Å²) in [4.78, 5) is 3.89. The number of hydrogen-bond donors (Lipinski definition) is 1. The highest BCUT2D eigenvalue weighted by molar-refractivity contribution is 5.60. The van der Waals surface area contributed by atoms with E-state index in [2.05, 4.69) is 16.9 Å². The third-order valence-corrected chi connectivity index (χ3v) is 1.33. The van der Waals surface area contributed by atoms with Crippen LogP contribution in [-0.4, -0.2) is 12.0 Å². The molecule has 2 heteroatoms. The van der Waals surface area contributed by atoms with Gasteiger partial charge in [0.1, 0.15) is 0 Å². The first kappa shape index (κ1) is 10.7. The molecule has 0 spiro atoms. The summed E-state index contributed by atoms with van der Waals surface area (Å²) >= 11 is 0. The Morgan fingerprint density at radius 3 is 2.25 bits per heavy atom. The Balaban J connectivity index is 0.000000561. The lowest BCUT2D eigenvalue weighted by Gasteiger charge is -2.01. The van der Waals surface area contributed by atoms with E-state index in [1.165, 1.54) is 0 Å². The molecule has 0 saturated heterocycles. The minimum atomic E-state index is 0.919. The Bertz CT molecular complexity index is 217. The molecule has 0 fully saturated rings. The molecule has 0 atom stereocenters. The molecule has 1 rings (SSSR count). The fourth-order valence-corrected chi connectivity index (χ4v) is 0.697. The van der Waals surface area contributed by atoms with Crippen molar-refractivity contribution < 1.29 is 0 Å². The van der Waals surface area contributed by atoms with Crippen LogP contribution in [0, 0.1) is 0 Å². The highest BCUT2D eigenvalue weighted by Crippen LogP contribution is 2.04. The number of pyridine rings is 1. The van der Waals surface area contributed by atoms with E-state index in [1.807, 2.05) is 33.0 Å². The Morgan fingerprint density at radius 2 is 1.83 bits per heavy atom. The Kier molecular flexibility index (Phi) is 5.70. The third kappa shape index (κ3) is 3.19. The minimum absolute atomic E-state index is 0.919. The van der Waals surface area contributed by atoms with Crippen LogP contribution < -0.4 is 5.32 Å². The van der Waals surface area contributed by atoms with Crippen LogP contribution in [0.5, 0.6) is 0 Å². The highest BCUT2D eigenvalue weighted by Gasteiger charge is 1.91. The van der Waals surface area contributed by atoms with Gasteiger partial charge in [-0.3, -0.25) is 4.98 Å². The molecule has 1 aromatic heterocycles. The number of nitrogens with one attached hydrogen (secondary N) is 1. The topological polar surface area (TPSA) is 24.9 Å². The summed E-state index contributed by atoms with van der Waals surface area (Å²) in [6, 6.07) is 3.83. The summed E-state index contributed by atoms with van der Waals surface area (Å²) in [5, 5.41) is 2.96. The summed E-state index contributed by atoms with van der Waals surface area (Å²) in [5.74, 6) is 0. The van der Waals surface area contributed by atoms with E-state index in [0.717, 1.165) is 11.3 Å². The number of hydrogen-bond acceptors (Lipinski definition) is 2. The van der Waals surface area contributed by atoms with E-state index in [-0.39, 0.29) is 0 Å². The first-order valence-electron chi connectivity index (χ1n) is 4.11. The van der Waals surface area contributed by atoms with Crippen molar-refractivity contribution in [1.29, 1.82) is 0 Å². The highest BCUT2D eigenvalue weighted by atomic mass is 14.8. The van der Waals surface area contributed by atoms with Crippen LogP contribution in [0.1, 0.15) is 19.4 Å². The molecule has 1 aromatic rings. The Labute approximate surface area is 74.3 Å². The molecule has 0 bridgehead atoms. The zero-order valence-corrected chi connectivity index (χ0v) is 7.96. The van der Waals surface area contributed by atoms with Gasteiger partial charge in [-0.05, 0) is 12.1 Å². The van der Waals surface area contributed by atoms with Crippen LogP contribution in [-0.2, 0) is 0 Å². The molecule has 0 unspecified atom stereocenters. The lowest BCUT2D eigenvalue weighted by molar-refractivity contribution is 1.13. The fraction of sp³-hybridized carbons (Fsp3) is 0.300. The van der Waals surface area contributed by atoms with Crippen molar-refractivity contribution in [1.82, 2.24) is 10.3 Å². The molecular formula is C10H16N2. The van der Waals surface area contributed by atoms with Crippen LogP contribution >= 0.6 is 0 Å². The number of nitrogens with zero attached hydrogens (tertiary/aromatic N) is 1. The molecule has 1 heterocycles. The van der Waals surface area contributed by atoms with Gasteiger partial charge >= 0.3 is 0 Å². The van der Waals surface area contributed by atoms with Gasteiger partial charge in [-0.1, -0.05) is 20.4 Å². The predicted molar refractivity (Wildman–Crippen MR) is 53.7 cm³/mol. The summed E-state index contributed by atoms with van der Waals surface area (Å²) in [5.41, 5.74) is 2.00. The SMILES string of the molecule is C=C(NC)c1ccncc1.CC. The molecule has 0 aliphatic heterocycles. The van der Waals surface area contributed by atoms with E-state index in [4.69, 9.17) is 0 Å². The van der Waals surface area contributed by atoms with Gasteiger partial charge in [-0.25, -0.2) is 0 Å². The minimum Gasteiger partial charge on any atom is -0.388 e. The number of rotatable bonds is 2. The average molecular weight is 164 g/mol. The molecule has 2 nitrogen and oxygen atoms in total. The first-order chi connectivity index (χ1) is 5.84. The summed E-state index contributed by atoms with van der Waals surface area (Å²) in [6.45, 7) is 7.80. The second-order valence-corrected chi connectivity index (χ2v) is 1.96. The molecule has 0 radical (unpaired) electrons. The molecule has 0 amide bonds. The van der Waals surface area contributed by atoms with Crippen LogP contribution in [0.4, 0.5) is 0 Å². The van der Waals surface area contributed by atoms with Crippen molar-refractivity contribution in [3.05, 3.63) is 36.7 Å². The molecule has 12 heavy (non-hydrogen) atoms. The van der Waals surface area contributed by atoms with Gasteiger partial charge in [0.05, 0.1) is 0 Å². The largest absolute Gasteiger partial charge is 0.388 e. The van der Waals surface area contributed by atoms with Crippen LogP contribution in [0.2, 0.25) is 0 Å². The molecular weight excluding hydrogens is 148 g/mol. The first-order valence-corrected chi connectivity index (χ1v) is 4.11. The van der Waals surface area contributed by atoms with Gasteiger partial charge in [0.2, 0.25) is 0 Å². The summed E-state index contributed by atoms with van der Waals surface area (Å²) in [6.07, 6.45) is 3.50. The summed E-state index contributed by atoms with van der Waals surface area (Å²) < 4.78 is 0. The second-order valence-electron chi connectivity index (χ2n) is 1.96. The molecule has 66 valence electrons. The van der Waals surface area contributed by atoms with E-state index < -0.39 is 0 Å². The standard InChI is InChI=1S/C8H10N2.C2H6/c1-7(9-2)8-3-5-10-6-4-8;1-2/h3-6,9H,1H2,2H3;1-2H3. The quantitative estimate of drug-likeness (QED) is 0.725. The van der Waals surface area contributed by atoms with Crippen molar-refractivity contribution in [2.75, 3.05) is 7.05 Å². The summed E-state index contributed by atoms with van der Waals surface area (Å²) in [7, 11) is 1.85. The van der Waals surface area contributed by atoms with Gasteiger partial charge in [-0.2, -0.15) is 0 Å². The Hall–Kier alpha value is -1.31. The van der Waals surface area contributed by atoms with Crippen molar-refractivity contribution in [3.63, 3.8) is 0 Å². The van der Waals surface area contributed by atoms with Crippen molar-refractivity contribution in [2.24, 2.45) is 0 Å². The maximum absolute atomic E-state index is 3.89. The lowest BCUT2D eigenvalue weighted by Crippen LogP contribution is -2.02. The predicted octanol–water partition coefficient (Wildman–Crippen LogP) is 2.30. The van der Waals surface area contributed by atoms with Crippen molar-refractivity contribution >= 4 is 5.70 Å². The molecule has 0 saturated carbocycles. The lowest BCUT2D eigenvalue weighted by atomic mass is 10.2. The molecule has 1 N–H and O–H groups in total. The average Bonchev–Trinajstić information content (AvgIpc) is 2.21.